The zero-order chi connectivity index (χ0) is 12.8. The molecule has 1 aromatic rings. The van der Waals surface area contributed by atoms with Crippen molar-refractivity contribution in [3.63, 3.8) is 0 Å². The van der Waals surface area contributed by atoms with Crippen LogP contribution >= 0.6 is 0 Å². The highest BCUT2D eigenvalue weighted by molar-refractivity contribution is 5.44. The van der Waals surface area contributed by atoms with Gasteiger partial charge in [-0.3, -0.25) is 10.1 Å². The molecule has 1 aromatic carbocycles. The summed E-state index contributed by atoms with van der Waals surface area (Å²) in [6.45, 7) is 4.68. The molecule has 2 N–H and O–H groups in total. The van der Waals surface area contributed by atoms with Crippen molar-refractivity contribution in [1.82, 2.24) is 5.32 Å². The van der Waals surface area contributed by atoms with Gasteiger partial charge in [-0.25, -0.2) is 0 Å². The minimum Gasteiger partial charge on any atom is -0.392 e. The Kier molecular flexibility index (Phi) is 5.06. The second-order valence-corrected chi connectivity index (χ2v) is 4.01. The van der Waals surface area contributed by atoms with E-state index < -0.39 is 0 Å². The molecule has 94 valence electrons. The highest BCUT2D eigenvalue weighted by Crippen LogP contribution is 2.20. The number of rotatable bonds is 6. The third kappa shape index (κ3) is 3.80. The average molecular weight is 238 g/mol. The fourth-order valence-electron chi connectivity index (χ4n) is 1.58. The molecular formula is C12H18N2O3. The molecule has 5 nitrogen and oxygen atoms in total. The summed E-state index contributed by atoms with van der Waals surface area (Å²) in [4.78, 5) is 10.4. The topological polar surface area (TPSA) is 75.4 Å². The van der Waals surface area contributed by atoms with Gasteiger partial charge in [0.15, 0.2) is 0 Å². The molecule has 0 aliphatic rings. The van der Waals surface area contributed by atoms with Gasteiger partial charge in [-0.15, -0.1) is 0 Å². The Morgan fingerprint density at radius 1 is 1.53 bits per heavy atom. The van der Waals surface area contributed by atoms with Gasteiger partial charge in [0.2, 0.25) is 0 Å². The minimum absolute atomic E-state index is 0.139. The predicted octanol–water partition coefficient (Wildman–Crippen LogP) is 1.76. The second-order valence-electron chi connectivity index (χ2n) is 4.01. The average Bonchev–Trinajstić information content (AvgIpc) is 2.30. The van der Waals surface area contributed by atoms with Crippen LogP contribution in [0.4, 0.5) is 5.69 Å². The van der Waals surface area contributed by atoms with Crippen molar-refractivity contribution in [3.8, 4) is 0 Å². The summed E-state index contributed by atoms with van der Waals surface area (Å²) in [6.07, 6.45) is 0.329. The first-order chi connectivity index (χ1) is 8.06. The Bertz CT molecular complexity index is 393. The van der Waals surface area contributed by atoms with E-state index in [-0.39, 0.29) is 16.7 Å². The molecule has 1 rings (SSSR count). The van der Waals surface area contributed by atoms with E-state index in [1.165, 1.54) is 6.07 Å². The van der Waals surface area contributed by atoms with Crippen molar-refractivity contribution in [2.75, 3.05) is 6.54 Å². The molecule has 5 heteroatoms. The summed E-state index contributed by atoms with van der Waals surface area (Å²) in [5.41, 5.74) is 1.71. The van der Waals surface area contributed by atoms with Crippen molar-refractivity contribution in [1.29, 1.82) is 0 Å². The lowest BCUT2D eigenvalue weighted by Crippen LogP contribution is -2.26. The van der Waals surface area contributed by atoms with Crippen LogP contribution in [-0.4, -0.2) is 22.7 Å². The maximum absolute atomic E-state index is 10.7. The Morgan fingerprint density at radius 2 is 2.24 bits per heavy atom. The lowest BCUT2D eigenvalue weighted by molar-refractivity contribution is -0.385. The number of nitro groups is 1. The third-order valence-electron chi connectivity index (χ3n) is 2.78. The lowest BCUT2D eigenvalue weighted by atomic mass is 10.1. The van der Waals surface area contributed by atoms with Crippen LogP contribution in [0.25, 0.3) is 0 Å². The predicted molar refractivity (Wildman–Crippen MR) is 65.8 cm³/mol. The van der Waals surface area contributed by atoms with Gasteiger partial charge in [0.25, 0.3) is 5.69 Å². The third-order valence-corrected chi connectivity index (χ3v) is 2.78. The largest absolute Gasteiger partial charge is 0.392 e. The summed E-state index contributed by atoms with van der Waals surface area (Å²) < 4.78 is 0. The monoisotopic (exact) mass is 238 g/mol. The molecule has 0 radical (unpaired) electrons. The quantitative estimate of drug-likeness (QED) is 0.585. The maximum Gasteiger partial charge on any atom is 0.272 e. The van der Waals surface area contributed by atoms with Crippen LogP contribution in [0.2, 0.25) is 0 Å². The zero-order valence-corrected chi connectivity index (χ0v) is 10.1. The first-order valence-corrected chi connectivity index (χ1v) is 5.68. The van der Waals surface area contributed by atoms with Gasteiger partial charge in [-0.05, 0) is 18.9 Å². The maximum atomic E-state index is 10.7. The first-order valence-electron chi connectivity index (χ1n) is 5.68. The normalized spacial score (nSPS) is 12.4. The molecule has 17 heavy (non-hydrogen) atoms. The molecule has 0 aromatic heterocycles. The van der Waals surface area contributed by atoms with Crippen molar-refractivity contribution < 1.29 is 10.0 Å². The standard InChI is InChI=1S/C12H18N2O3/c1-3-11(15)8-13-7-10-5-4-6-12(9(10)2)14(16)17/h4-6,11,13,15H,3,7-8H2,1-2H3. The van der Waals surface area contributed by atoms with Gasteiger partial charge in [0.1, 0.15) is 0 Å². The number of aliphatic hydroxyl groups excluding tert-OH is 1. The van der Waals surface area contributed by atoms with E-state index in [9.17, 15) is 15.2 Å². The summed E-state index contributed by atoms with van der Waals surface area (Å²) in [5.74, 6) is 0. The lowest BCUT2D eigenvalue weighted by Gasteiger charge is -2.11. The van der Waals surface area contributed by atoms with E-state index in [0.29, 0.717) is 25.1 Å². The van der Waals surface area contributed by atoms with Crippen LogP contribution in [0.1, 0.15) is 24.5 Å². The van der Waals surface area contributed by atoms with Gasteiger partial charge in [0.05, 0.1) is 11.0 Å². The summed E-state index contributed by atoms with van der Waals surface area (Å²) in [6, 6.07) is 5.03. The Labute approximate surface area is 101 Å². The van der Waals surface area contributed by atoms with Crippen molar-refractivity contribution in [3.05, 3.63) is 39.4 Å². The SMILES string of the molecule is CCC(O)CNCc1cccc([N+](=O)[O-])c1C. The van der Waals surface area contributed by atoms with Crippen molar-refractivity contribution in [2.45, 2.75) is 32.9 Å². The number of nitro benzene ring substituents is 1. The van der Waals surface area contributed by atoms with Gasteiger partial charge in [-0.2, -0.15) is 0 Å². The number of nitrogens with zero attached hydrogens (tertiary/aromatic N) is 1. The summed E-state index contributed by atoms with van der Waals surface area (Å²) in [5, 5.41) is 23.2. The smallest absolute Gasteiger partial charge is 0.272 e. The van der Waals surface area contributed by atoms with Crippen LogP contribution in [0, 0.1) is 17.0 Å². The van der Waals surface area contributed by atoms with Gasteiger partial charge in [-0.1, -0.05) is 19.1 Å². The summed E-state index contributed by atoms with van der Waals surface area (Å²) in [7, 11) is 0. The Hall–Kier alpha value is -1.46. The Balaban J connectivity index is 2.66. The number of hydrogen-bond acceptors (Lipinski definition) is 4. The van der Waals surface area contributed by atoms with Crippen molar-refractivity contribution in [2.24, 2.45) is 0 Å². The highest BCUT2D eigenvalue weighted by atomic mass is 16.6. The molecule has 1 atom stereocenters. The van der Waals surface area contributed by atoms with E-state index in [2.05, 4.69) is 5.32 Å². The molecular weight excluding hydrogens is 220 g/mol. The molecule has 0 spiro atoms. The fourth-order valence-corrected chi connectivity index (χ4v) is 1.58. The van der Waals surface area contributed by atoms with E-state index in [4.69, 9.17) is 0 Å². The number of benzene rings is 1. The van der Waals surface area contributed by atoms with E-state index in [1.54, 1.807) is 13.0 Å². The van der Waals surface area contributed by atoms with Gasteiger partial charge in [0, 0.05) is 24.7 Å². The van der Waals surface area contributed by atoms with E-state index in [0.717, 1.165) is 5.56 Å². The minimum atomic E-state index is -0.375. The van der Waals surface area contributed by atoms with Crippen LogP contribution in [0.5, 0.6) is 0 Å². The van der Waals surface area contributed by atoms with Crippen molar-refractivity contribution >= 4 is 5.69 Å². The number of aliphatic hydroxyl groups is 1. The summed E-state index contributed by atoms with van der Waals surface area (Å²) >= 11 is 0. The van der Waals surface area contributed by atoms with Crippen LogP contribution in [0.15, 0.2) is 18.2 Å². The van der Waals surface area contributed by atoms with E-state index in [1.807, 2.05) is 13.0 Å². The zero-order valence-electron chi connectivity index (χ0n) is 10.1. The molecule has 0 aliphatic carbocycles. The molecule has 1 unspecified atom stereocenters. The molecule has 0 fully saturated rings. The molecule has 0 heterocycles. The number of nitrogens with one attached hydrogen (secondary N) is 1. The first kappa shape index (κ1) is 13.6. The van der Waals surface area contributed by atoms with Gasteiger partial charge < -0.3 is 10.4 Å². The van der Waals surface area contributed by atoms with Crippen LogP contribution in [0.3, 0.4) is 0 Å². The van der Waals surface area contributed by atoms with Crippen LogP contribution < -0.4 is 5.32 Å². The highest BCUT2D eigenvalue weighted by Gasteiger charge is 2.12. The second kappa shape index (κ2) is 6.32. The van der Waals surface area contributed by atoms with E-state index >= 15 is 0 Å². The number of hydrogen-bond donors (Lipinski definition) is 2. The fraction of sp³-hybridized carbons (Fsp3) is 0.500. The molecule has 0 aliphatic heterocycles. The Morgan fingerprint density at radius 3 is 2.82 bits per heavy atom. The molecule has 0 saturated heterocycles. The van der Waals surface area contributed by atoms with Crippen LogP contribution in [-0.2, 0) is 6.54 Å². The molecule has 0 amide bonds. The molecule has 0 bridgehead atoms. The van der Waals surface area contributed by atoms with Gasteiger partial charge >= 0.3 is 0 Å². The molecule has 0 saturated carbocycles.